The Morgan fingerprint density at radius 2 is 2.00 bits per heavy atom. The topological polar surface area (TPSA) is 59.6 Å². The zero-order valence-electron chi connectivity index (χ0n) is 11.6. The van der Waals surface area contributed by atoms with Gasteiger partial charge in [0.05, 0.1) is 18.6 Å². The van der Waals surface area contributed by atoms with Crippen LogP contribution in [0.15, 0.2) is 24.3 Å². The lowest BCUT2D eigenvalue weighted by atomic mass is 9.89. The minimum Gasteiger partial charge on any atom is -0.346 e. The van der Waals surface area contributed by atoms with Crippen LogP contribution >= 0.6 is 0 Å². The van der Waals surface area contributed by atoms with Crippen LogP contribution in [0.5, 0.6) is 0 Å². The van der Waals surface area contributed by atoms with Gasteiger partial charge in [-0.25, -0.2) is 0 Å². The van der Waals surface area contributed by atoms with E-state index in [9.17, 15) is 4.79 Å². The lowest BCUT2D eigenvalue weighted by Gasteiger charge is -2.21. The fraction of sp³-hybridized carbons (Fsp3) is 0.533. The first kappa shape index (κ1) is 13.5. The van der Waals surface area contributed by atoms with E-state index in [2.05, 4.69) is 10.6 Å². The molecule has 0 aliphatic carbocycles. The predicted molar refractivity (Wildman–Crippen MR) is 75.3 cm³/mol. The van der Waals surface area contributed by atoms with Gasteiger partial charge in [0.2, 0.25) is 5.91 Å². The molecule has 2 fully saturated rings. The van der Waals surface area contributed by atoms with Crippen molar-refractivity contribution < 1.29 is 14.3 Å². The Bertz CT molecular complexity index is 474. The van der Waals surface area contributed by atoms with E-state index in [4.69, 9.17) is 9.47 Å². The molecule has 1 atom stereocenters. The predicted octanol–water partition coefficient (Wildman–Crippen LogP) is 1.67. The van der Waals surface area contributed by atoms with E-state index in [-0.39, 0.29) is 17.6 Å². The Morgan fingerprint density at radius 1 is 1.30 bits per heavy atom. The summed E-state index contributed by atoms with van der Waals surface area (Å²) >= 11 is 0. The largest absolute Gasteiger partial charge is 0.346 e. The molecule has 2 aliphatic rings. The molecule has 2 aliphatic heterocycles. The molecule has 1 unspecified atom stereocenters. The third-order valence-corrected chi connectivity index (χ3v) is 3.98. The van der Waals surface area contributed by atoms with E-state index in [0.29, 0.717) is 13.2 Å². The standard InChI is InChI=1S/C15H20N2O3/c1-15(6-7-16-10-15)14(18)17-12-4-2-11(3-5-12)13-19-8-9-20-13/h2-5,13,16H,6-10H2,1H3,(H,17,18). The van der Waals surface area contributed by atoms with Gasteiger partial charge in [-0.3, -0.25) is 4.79 Å². The lowest BCUT2D eigenvalue weighted by molar-refractivity contribution is -0.123. The first-order valence-electron chi connectivity index (χ1n) is 7.03. The van der Waals surface area contributed by atoms with Crippen LogP contribution in [0.1, 0.15) is 25.2 Å². The molecule has 0 aromatic heterocycles. The molecule has 2 heterocycles. The van der Waals surface area contributed by atoms with Crippen molar-refractivity contribution in [1.29, 1.82) is 0 Å². The second-order valence-electron chi connectivity index (χ2n) is 5.64. The first-order valence-corrected chi connectivity index (χ1v) is 7.03. The number of rotatable bonds is 3. The van der Waals surface area contributed by atoms with Crippen LogP contribution in [0.25, 0.3) is 0 Å². The number of carbonyl (C=O) groups excluding carboxylic acids is 1. The number of hydrogen-bond donors (Lipinski definition) is 2. The van der Waals surface area contributed by atoms with Gasteiger partial charge in [0.15, 0.2) is 6.29 Å². The van der Waals surface area contributed by atoms with Crippen molar-refractivity contribution in [2.75, 3.05) is 31.6 Å². The Labute approximate surface area is 118 Å². The molecule has 1 aromatic carbocycles. The number of hydrogen-bond acceptors (Lipinski definition) is 4. The third kappa shape index (κ3) is 2.70. The highest BCUT2D eigenvalue weighted by atomic mass is 16.7. The van der Waals surface area contributed by atoms with Crippen LogP contribution in [0.2, 0.25) is 0 Å². The van der Waals surface area contributed by atoms with Crippen LogP contribution in [-0.2, 0) is 14.3 Å². The average Bonchev–Trinajstić information content (AvgIpc) is 3.11. The number of benzene rings is 1. The second-order valence-corrected chi connectivity index (χ2v) is 5.64. The van der Waals surface area contributed by atoms with Gasteiger partial charge in [0.25, 0.3) is 0 Å². The Morgan fingerprint density at radius 3 is 2.60 bits per heavy atom. The molecule has 0 radical (unpaired) electrons. The number of carbonyl (C=O) groups is 1. The molecule has 2 N–H and O–H groups in total. The highest BCUT2D eigenvalue weighted by molar-refractivity contribution is 5.95. The summed E-state index contributed by atoms with van der Waals surface area (Å²) in [6.45, 7) is 4.90. The molecule has 5 heteroatoms. The maximum atomic E-state index is 12.3. The third-order valence-electron chi connectivity index (χ3n) is 3.98. The normalized spacial score (nSPS) is 26.9. The lowest BCUT2D eigenvalue weighted by Crippen LogP contribution is -2.35. The number of amides is 1. The van der Waals surface area contributed by atoms with Crippen molar-refractivity contribution in [3.05, 3.63) is 29.8 Å². The Balaban J connectivity index is 1.64. The molecular formula is C15H20N2O3. The summed E-state index contributed by atoms with van der Waals surface area (Å²) in [6.07, 6.45) is 0.608. The van der Waals surface area contributed by atoms with Gasteiger partial charge in [-0.1, -0.05) is 12.1 Å². The van der Waals surface area contributed by atoms with Gasteiger partial charge in [0, 0.05) is 17.8 Å². The van der Waals surface area contributed by atoms with Crippen molar-refractivity contribution in [2.24, 2.45) is 5.41 Å². The molecule has 2 saturated heterocycles. The number of anilines is 1. The van der Waals surface area contributed by atoms with Crippen LogP contribution in [0.3, 0.4) is 0 Å². The average molecular weight is 276 g/mol. The van der Waals surface area contributed by atoms with Crippen LogP contribution in [0.4, 0.5) is 5.69 Å². The van der Waals surface area contributed by atoms with Gasteiger partial charge in [-0.2, -0.15) is 0 Å². The van der Waals surface area contributed by atoms with Gasteiger partial charge in [-0.05, 0) is 32.0 Å². The molecule has 0 bridgehead atoms. The second kappa shape index (κ2) is 5.52. The van der Waals surface area contributed by atoms with Gasteiger partial charge in [-0.15, -0.1) is 0 Å². The van der Waals surface area contributed by atoms with Gasteiger partial charge >= 0.3 is 0 Å². The Kier molecular flexibility index (Phi) is 3.74. The van der Waals surface area contributed by atoms with Crippen molar-refractivity contribution in [2.45, 2.75) is 19.6 Å². The molecule has 1 amide bonds. The molecule has 3 rings (SSSR count). The van der Waals surface area contributed by atoms with Crippen LogP contribution in [0, 0.1) is 5.41 Å². The van der Waals surface area contributed by atoms with Crippen molar-refractivity contribution in [3.8, 4) is 0 Å². The highest BCUT2D eigenvalue weighted by Crippen LogP contribution is 2.28. The van der Waals surface area contributed by atoms with E-state index in [0.717, 1.165) is 30.8 Å². The van der Waals surface area contributed by atoms with E-state index in [1.807, 2.05) is 31.2 Å². The van der Waals surface area contributed by atoms with Crippen molar-refractivity contribution in [1.82, 2.24) is 5.32 Å². The summed E-state index contributed by atoms with van der Waals surface area (Å²) < 4.78 is 10.9. The van der Waals surface area contributed by atoms with Gasteiger partial charge in [0.1, 0.15) is 0 Å². The summed E-state index contributed by atoms with van der Waals surface area (Å²) in [5.41, 5.74) is 1.48. The quantitative estimate of drug-likeness (QED) is 0.881. The molecule has 5 nitrogen and oxygen atoms in total. The number of ether oxygens (including phenoxy) is 2. The Hall–Kier alpha value is -1.43. The van der Waals surface area contributed by atoms with Gasteiger partial charge < -0.3 is 20.1 Å². The summed E-state index contributed by atoms with van der Waals surface area (Å²) in [5, 5.41) is 6.21. The maximum absolute atomic E-state index is 12.3. The molecule has 108 valence electrons. The summed E-state index contributed by atoms with van der Waals surface area (Å²) in [7, 11) is 0. The fourth-order valence-electron chi connectivity index (χ4n) is 2.57. The SMILES string of the molecule is CC1(C(=O)Nc2ccc(C3OCCO3)cc2)CCNC1. The number of nitrogens with one attached hydrogen (secondary N) is 2. The van der Waals surface area contributed by atoms with E-state index >= 15 is 0 Å². The van der Waals surface area contributed by atoms with Crippen molar-refractivity contribution in [3.63, 3.8) is 0 Å². The van der Waals surface area contributed by atoms with E-state index in [1.165, 1.54) is 0 Å². The minimum atomic E-state index is -0.309. The summed E-state index contributed by atoms with van der Waals surface area (Å²) in [6, 6.07) is 7.65. The monoisotopic (exact) mass is 276 g/mol. The molecule has 0 spiro atoms. The fourth-order valence-corrected chi connectivity index (χ4v) is 2.57. The molecule has 1 aromatic rings. The van der Waals surface area contributed by atoms with Crippen LogP contribution < -0.4 is 10.6 Å². The zero-order valence-corrected chi connectivity index (χ0v) is 11.6. The van der Waals surface area contributed by atoms with Crippen LogP contribution in [-0.4, -0.2) is 32.2 Å². The highest BCUT2D eigenvalue weighted by Gasteiger charge is 2.36. The zero-order chi connectivity index (χ0) is 14.0. The molecular weight excluding hydrogens is 256 g/mol. The van der Waals surface area contributed by atoms with Crippen molar-refractivity contribution >= 4 is 11.6 Å². The smallest absolute Gasteiger partial charge is 0.231 e. The van der Waals surface area contributed by atoms with E-state index in [1.54, 1.807) is 0 Å². The molecule has 0 saturated carbocycles. The van der Waals surface area contributed by atoms with E-state index < -0.39 is 0 Å². The maximum Gasteiger partial charge on any atom is 0.231 e. The minimum absolute atomic E-state index is 0.0728. The molecule has 20 heavy (non-hydrogen) atoms. The summed E-state index contributed by atoms with van der Waals surface area (Å²) in [4.78, 5) is 12.3. The summed E-state index contributed by atoms with van der Waals surface area (Å²) in [5.74, 6) is 0.0728. The first-order chi connectivity index (χ1) is 9.67.